The first kappa shape index (κ1) is 12.1. The van der Waals surface area contributed by atoms with Crippen molar-refractivity contribution in [2.45, 2.75) is 6.92 Å². The van der Waals surface area contributed by atoms with Crippen LogP contribution < -0.4 is 0 Å². The molecule has 0 spiro atoms. The van der Waals surface area contributed by atoms with E-state index in [0.717, 1.165) is 11.1 Å². The molecule has 0 saturated carbocycles. The molecule has 0 unspecified atom stereocenters. The summed E-state index contributed by atoms with van der Waals surface area (Å²) in [5.74, 6) is 0.239. The third kappa shape index (κ3) is 2.86. The van der Waals surface area contributed by atoms with Crippen molar-refractivity contribution in [1.29, 1.82) is 0 Å². The number of phenols is 1. The molecule has 0 aliphatic heterocycles. The fraction of sp³-hybridized carbons (Fsp3) is 0.0625. The number of benzene rings is 2. The highest BCUT2D eigenvalue weighted by atomic mass is 16.3. The second-order valence-corrected chi connectivity index (χ2v) is 4.11. The van der Waals surface area contributed by atoms with Crippen molar-refractivity contribution in [3.63, 3.8) is 0 Å². The summed E-state index contributed by atoms with van der Waals surface area (Å²) in [4.78, 5) is 11.8. The Bertz CT molecular complexity index is 583. The van der Waals surface area contributed by atoms with Crippen molar-refractivity contribution in [2.24, 2.45) is 0 Å². The molecular formula is C16H14O2. The maximum absolute atomic E-state index is 11.8. The van der Waals surface area contributed by atoms with Gasteiger partial charge in [0.15, 0.2) is 5.78 Å². The van der Waals surface area contributed by atoms with Gasteiger partial charge in [-0.1, -0.05) is 42.5 Å². The van der Waals surface area contributed by atoms with E-state index in [4.69, 9.17) is 0 Å². The largest absolute Gasteiger partial charge is 0.508 e. The lowest BCUT2D eigenvalue weighted by Gasteiger charge is -1.99. The van der Waals surface area contributed by atoms with Crippen LogP contribution in [0.4, 0.5) is 0 Å². The average Bonchev–Trinajstić information content (AvgIpc) is 2.41. The molecule has 2 aromatic rings. The molecule has 0 radical (unpaired) electrons. The molecule has 0 aliphatic rings. The number of phenolic OH excluding ortho intramolecular Hbond substituents is 1. The van der Waals surface area contributed by atoms with Crippen LogP contribution in [0, 0.1) is 6.92 Å². The highest BCUT2D eigenvalue weighted by Gasteiger charge is 2.00. The maximum Gasteiger partial charge on any atom is 0.185 e. The van der Waals surface area contributed by atoms with Crippen molar-refractivity contribution in [3.8, 4) is 5.75 Å². The van der Waals surface area contributed by atoms with Gasteiger partial charge in [0.25, 0.3) is 0 Å². The molecule has 0 fully saturated rings. The summed E-state index contributed by atoms with van der Waals surface area (Å²) in [7, 11) is 0. The van der Waals surface area contributed by atoms with Crippen LogP contribution in [0.25, 0.3) is 6.08 Å². The van der Waals surface area contributed by atoms with Crippen LogP contribution in [0.15, 0.2) is 54.6 Å². The molecule has 2 aromatic carbocycles. The molecule has 90 valence electrons. The summed E-state index contributed by atoms with van der Waals surface area (Å²) in [6.45, 7) is 1.83. The lowest BCUT2D eigenvalue weighted by atomic mass is 10.1. The number of aryl methyl sites for hydroxylation is 1. The minimum Gasteiger partial charge on any atom is -0.508 e. The van der Waals surface area contributed by atoms with E-state index in [-0.39, 0.29) is 11.5 Å². The number of carbonyl (C=O) groups is 1. The Morgan fingerprint density at radius 3 is 2.50 bits per heavy atom. The van der Waals surface area contributed by atoms with Gasteiger partial charge in [0.2, 0.25) is 0 Å². The number of rotatable bonds is 3. The molecule has 0 atom stereocenters. The number of hydrogen-bond donors (Lipinski definition) is 1. The lowest BCUT2D eigenvalue weighted by molar-refractivity contribution is 0.104. The van der Waals surface area contributed by atoms with Crippen molar-refractivity contribution in [1.82, 2.24) is 0 Å². The van der Waals surface area contributed by atoms with Crippen LogP contribution in [-0.4, -0.2) is 10.9 Å². The lowest BCUT2D eigenvalue weighted by Crippen LogP contribution is -1.92. The fourth-order valence-corrected chi connectivity index (χ4v) is 1.65. The normalized spacial score (nSPS) is 10.7. The van der Waals surface area contributed by atoms with E-state index in [9.17, 15) is 9.90 Å². The number of carbonyl (C=O) groups excluding carboxylic acids is 1. The zero-order chi connectivity index (χ0) is 13.0. The minimum absolute atomic E-state index is 0.0265. The van der Waals surface area contributed by atoms with E-state index in [1.807, 2.05) is 31.2 Å². The van der Waals surface area contributed by atoms with Gasteiger partial charge < -0.3 is 5.11 Å². The molecule has 18 heavy (non-hydrogen) atoms. The standard InChI is InChI=1S/C16H14O2/c1-12-11-13(7-9-15(12)17)8-10-16(18)14-5-3-2-4-6-14/h2-11,17H,1H3. The van der Waals surface area contributed by atoms with Gasteiger partial charge >= 0.3 is 0 Å². The molecule has 0 amide bonds. The molecule has 0 saturated heterocycles. The Hall–Kier alpha value is -2.35. The summed E-state index contributed by atoms with van der Waals surface area (Å²) in [6, 6.07) is 14.4. The molecular weight excluding hydrogens is 224 g/mol. The predicted octanol–water partition coefficient (Wildman–Crippen LogP) is 3.60. The maximum atomic E-state index is 11.8. The van der Waals surface area contributed by atoms with Gasteiger partial charge in [0.1, 0.15) is 5.75 Å². The van der Waals surface area contributed by atoms with E-state index in [0.29, 0.717) is 5.56 Å². The molecule has 2 rings (SSSR count). The first-order valence-corrected chi connectivity index (χ1v) is 5.74. The van der Waals surface area contributed by atoms with E-state index >= 15 is 0 Å². The zero-order valence-electron chi connectivity index (χ0n) is 10.1. The van der Waals surface area contributed by atoms with Gasteiger partial charge in [-0.25, -0.2) is 0 Å². The number of hydrogen-bond acceptors (Lipinski definition) is 2. The minimum atomic E-state index is -0.0265. The summed E-state index contributed by atoms with van der Waals surface area (Å²) in [5, 5.41) is 9.41. The van der Waals surface area contributed by atoms with Crippen molar-refractivity contribution >= 4 is 11.9 Å². The van der Waals surface area contributed by atoms with Crippen LogP contribution >= 0.6 is 0 Å². The Kier molecular flexibility index (Phi) is 3.58. The molecule has 0 heterocycles. The van der Waals surface area contributed by atoms with Gasteiger partial charge in [-0.2, -0.15) is 0 Å². The van der Waals surface area contributed by atoms with Gasteiger partial charge in [0, 0.05) is 5.56 Å². The highest BCUT2D eigenvalue weighted by Crippen LogP contribution is 2.17. The van der Waals surface area contributed by atoms with Gasteiger partial charge in [-0.15, -0.1) is 0 Å². The summed E-state index contributed by atoms with van der Waals surface area (Å²) < 4.78 is 0. The number of allylic oxidation sites excluding steroid dienone is 1. The molecule has 0 aromatic heterocycles. The second-order valence-electron chi connectivity index (χ2n) is 4.11. The molecule has 0 bridgehead atoms. The average molecular weight is 238 g/mol. The van der Waals surface area contributed by atoms with Crippen molar-refractivity contribution in [3.05, 3.63) is 71.3 Å². The summed E-state index contributed by atoms with van der Waals surface area (Å²) in [6.07, 6.45) is 3.29. The van der Waals surface area contributed by atoms with E-state index < -0.39 is 0 Å². The Morgan fingerprint density at radius 2 is 1.83 bits per heavy atom. The number of aromatic hydroxyl groups is 1. The van der Waals surface area contributed by atoms with Gasteiger partial charge in [0.05, 0.1) is 0 Å². The fourth-order valence-electron chi connectivity index (χ4n) is 1.65. The first-order chi connectivity index (χ1) is 8.66. The molecule has 0 aliphatic carbocycles. The SMILES string of the molecule is Cc1cc(C=CC(=O)c2ccccc2)ccc1O. The number of ketones is 1. The third-order valence-corrected chi connectivity index (χ3v) is 2.71. The quantitative estimate of drug-likeness (QED) is 0.655. The molecule has 1 N–H and O–H groups in total. The van der Waals surface area contributed by atoms with E-state index in [1.165, 1.54) is 0 Å². The molecule has 2 heteroatoms. The van der Waals surface area contributed by atoms with Crippen LogP contribution in [-0.2, 0) is 0 Å². The van der Waals surface area contributed by atoms with Crippen molar-refractivity contribution in [2.75, 3.05) is 0 Å². The predicted molar refractivity (Wildman–Crippen MR) is 72.7 cm³/mol. The summed E-state index contributed by atoms with van der Waals surface area (Å²) >= 11 is 0. The third-order valence-electron chi connectivity index (χ3n) is 2.71. The highest BCUT2D eigenvalue weighted by molar-refractivity contribution is 6.06. The van der Waals surface area contributed by atoms with Crippen LogP contribution in [0.2, 0.25) is 0 Å². The van der Waals surface area contributed by atoms with E-state index in [1.54, 1.807) is 36.4 Å². The Labute approximate surface area is 106 Å². The first-order valence-electron chi connectivity index (χ1n) is 5.74. The second kappa shape index (κ2) is 5.32. The smallest absolute Gasteiger partial charge is 0.185 e. The molecule has 2 nitrogen and oxygen atoms in total. The summed E-state index contributed by atoms with van der Waals surface area (Å²) in [5.41, 5.74) is 2.36. The monoisotopic (exact) mass is 238 g/mol. The Balaban J connectivity index is 2.16. The Morgan fingerprint density at radius 1 is 1.11 bits per heavy atom. The van der Waals surface area contributed by atoms with Gasteiger partial charge in [-0.05, 0) is 36.3 Å². The topological polar surface area (TPSA) is 37.3 Å². The van der Waals surface area contributed by atoms with Crippen LogP contribution in [0.3, 0.4) is 0 Å². The van der Waals surface area contributed by atoms with Gasteiger partial charge in [-0.3, -0.25) is 4.79 Å². The zero-order valence-corrected chi connectivity index (χ0v) is 10.1. The van der Waals surface area contributed by atoms with Crippen molar-refractivity contribution < 1.29 is 9.90 Å². The van der Waals surface area contributed by atoms with Crippen LogP contribution in [0.1, 0.15) is 21.5 Å². The van der Waals surface area contributed by atoms with Crippen LogP contribution in [0.5, 0.6) is 5.75 Å². The van der Waals surface area contributed by atoms with E-state index in [2.05, 4.69) is 0 Å².